The van der Waals surface area contributed by atoms with Gasteiger partial charge in [0.25, 0.3) is 0 Å². The van der Waals surface area contributed by atoms with Crippen molar-refractivity contribution in [1.29, 1.82) is 0 Å². The van der Waals surface area contributed by atoms with Crippen LogP contribution in [0.4, 0.5) is 0 Å². The summed E-state index contributed by atoms with van der Waals surface area (Å²) in [5, 5.41) is 9.50. The van der Waals surface area contributed by atoms with Crippen LogP contribution >= 0.6 is 0 Å². The molecule has 0 bridgehead atoms. The molecule has 3 rings (SSSR count). The summed E-state index contributed by atoms with van der Waals surface area (Å²) in [5.74, 6) is 0.801. The van der Waals surface area contributed by atoms with Crippen LogP contribution in [0.5, 0.6) is 11.5 Å². The molecule has 1 aliphatic heterocycles. The highest BCUT2D eigenvalue weighted by molar-refractivity contribution is 5.87. The van der Waals surface area contributed by atoms with E-state index in [4.69, 9.17) is 9.47 Å². The standard InChI is InChI=1S/C14H16O4/c1-8-7-10-9(3-6-18-10)11(12(8)17-2)14(4-5-14)13(15)16/h7H,3-6H2,1-2H3,(H,15,16). The molecule has 1 N–H and O–H groups in total. The fraction of sp³-hybridized carbons (Fsp3) is 0.500. The van der Waals surface area contributed by atoms with E-state index in [-0.39, 0.29) is 0 Å². The number of aliphatic carboxylic acids is 1. The first-order valence-electron chi connectivity index (χ1n) is 6.17. The molecular formula is C14H16O4. The highest BCUT2D eigenvalue weighted by atomic mass is 16.5. The third-order valence-electron chi connectivity index (χ3n) is 3.98. The molecule has 0 unspecified atom stereocenters. The topological polar surface area (TPSA) is 55.8 Å². The number of carboxylic acids is 1. The van der Waals surface area contributed by atoms with Crippen LogP contribution < -0.4 is 9.47 Å². The largest absolute Gasteiger partial charge is 0.496 e. The maximum atomic E-state index is 11.6. The zero-order valence-electron chi connectivity index (χ0n) is 10.6. The molecule has 4 heteroatoms. The number of benzene rings is 1. The molecule has 1 fully saturated rings. The molecular weight excluding hydrogens is 232 g/mol. The molecule has 1 saturated carbocycles. The summed E-state index contributed by atoms with van der Waals surface area (Å²) in [6.45, 7) is 2.56. The van der Waals surface area contributed by atoms with Gasteiger partial charge in [0.1, 0.15) is 11.5 Å². The SMILES string of the molecule is COc1c(C)cc2c(c1C1(C(=O)O)CC1)CCO2. The summed E-state index contributed by atoms with van der Waals surface area (Å²) in [7, 11) is 1.60. The second-order valence-corrected chi connectivity index (χ2v) is 5.06. The summed E-state index contributed by atoms with van der Waals surface area (Å²) >= 11 is 0. The maximum Gasteiger partial charge on any atom is 0.314 e. The number of hydrogen-bond donors (Lipinski definition) is 1. The molecule has 0 spiro atoms. The summed E-state index contributed by atoms with van der Waals surface area (Å²) in [4.78, 5) is 11.6. The van der Waals surface area contributed by atoms with Crippen molar-refractivity contribution in [2.45, 2.75) is 31.6 Å². The van der Waals surface area contributed by atoms with Crippen molar-refractivity contribution < 1.29 is 19.4 Å². The van der Waals surface area contributed by atoms with Gasteiger partial charge < -0.3 is 14.6 Å². The van der Waals surface area contributed by atoms with E-state index in [0.717, 1.165) is 34.6 Å². The molecule has 0 atom stereocenters. The van der Waals surface area contributed by atoms with Crippen molar-refractivity contribution in [1.82, 2.24) is 0 Å². The molecule has 18 heavy (non-hydrogen) atoms. The molecule has 1 heterocycles. The Morgan fingerprint density at radius 2 is 2.22 bits per heavy atom. The van der Waals surface area contributed by atoms with Gasteiger partial charge in [0.05, 0.1) is 19.1 Å². The minimum atomic E-state index is -0.750. The Kier molecular flexibility index (Phi) is 2.30. The van der Waals surface area contributed by atoms with Crippen molar-refractivity contribution in [2.75, 3.05) is 13.7 Å². The third kappa shape index (κ3) is 1.35. The fourth-order valence-electron chi connectivity index (χ4n) is 2.91. The van der Waals surface area contributed by atoms with E-state index in [2.05, 4.69) is 0 Å². The second-order valence-electron chi connectivity index (χ2n) is 5.06. The van der Waals surface area contributed by atoms with Gasteiger partial charge in [0.2, 0.25) is 0 Å². The average Bonchev–Trinajstić information content (AvgIpc) is 3.01. The first-order valence-corrected chi connectivity index (χ1v) is 6.17. The van der Waals surface area contributed by atoms with Gasteiger partial charge in [-0.2, -0.15) is 0 Å². The lowest BCUT2D eigenvalue weighted by Crippen LogP contribution is -2.22. The van der Waals surface area contributed by atoms with E-state index < -0.39 is 11.4 Å². The monoisotopic (exact) mass is 248 g/mol. The lowest BCUT2D eigenvalue weighted by Gasteiger charge is -2.20. The van der Waals surface area contributed by atoms with Gasteiger partial charge in [0, 0.05) is 17.5 Å². The van der Waals surface area contributed by atoms with Crippen molar-refractivity contribution >= 4 is 5.97 Å². The van der Waals surface area contributed by atoms with Gasteiger partial charge in [-0.3, -0.25) is 4.79 Å². The van der Waals surface area contributed by atoms with Crippen molar-refractivity contribution in [2.24, 2.45) is 0 Å². The van der Waals surface area contributed by atoms with E-state index in [1.807, 2.05) is 13.0 Å². The van der Waals surface area contributed by atoms with Crippen molar-refractivity contribution in [3.63, 3.8) is 0 Å². The average molecular weight is 248 g/mol. The zero-order chi connectivity index (χ0) is 12.9. The highest BCUT2D eigenvalue weighted by Gasteiger charge is 2.55. The van der Waals surface area contributed by atoms with Crippen LogP contribution in [0.1, 0.15) is 29.5 Å². The first-order chi connectivity index (χ1) is 8.60. The number of carbonyl (C=O) groups is 1. The van der Waals surface area contributed by atoms with Crippen LogP contribution in [0.3, 0.4) is 0 Å². The normalized spacial score (nSPS) is 19.0. The lowest BCUT2D eigenvalue weighted by molar-refractivity contribution is -0.140. The van der Waals surface area contributed by atoms with Crippen molar-refractivity contribution in [3.8, 4) is 11.5 Å². The second kappa shape index (κ2) is 3.64. The van der Waals surface area contributed by atoms with Gasteiger partial charge >= 0.3 is 5.97 Å². The fourth-order valence-corrected chi connectivity index (χ4v) is 2.91. The predicted molar refractivity (Wildman–Crippen MR) is 65.5 cm³/mol. The number of carboxylic acid groups (broad SMARTS) is 1. The number of fused-ring (bicyclic) bond motifs is 1. The molecule has 0 amide bonds. The Balaban J connectivity index is 2.27. The van der Waals surface area contributed by atoms with E-state index in [1.165, 1.54) is 0 Å². The summed E-state index contributed by atoms with van der Waals surface area (Å²) in [6, 6.07) is 1.95. The first kappa shape index (κ1) is 11.4. The highest BCUT2D eigenvalue weighted by Crippen LogP contribution is 2.55. The molecule has 0 radical (unpaired) electrons. The molecule has 96 valence electrons. The molecule has 0 aromatic heterocycles. The zero-order valence-corrected chi connectivity index (χ0v) is 10.6. The maximum absolute atomic E-state index is 11.6. The van der Waals surface area contributed by atoms with Gasteiger partial charge in [-0.05, 0) is 31.4 Å². The quantitative estimate of drug-likeness (QED) is 0.889. The molecule has 0 saturated heterocycles. The van der Waals surface area contributed by atoms with Gasteiger partial charge in [-0.1, -0.05) is 0 Å². The van der Waals surface area contributed by atoms with E-state index in [9.17, 15) is 9.90 Å². The number of hydrogen-bond acceptors (Lipinski definition) is 3. The molecule has 2 aliphatic rings. The van der Waals surface area contributed by atoms with E-state index in [0.29, 0.717) is 19.4 Å². The van der Waals surface area contributed by atoms with Crippen LogP contribution in [-0.2, 0) is 16.6 Å². The van der Waals surface area contributed by atoms with E-state index >= 15 is 0 Å². The molecule has 4 nitrogen and oxygen atoms in total. The Labute approximate surface area is 106 Å². The minimum absolute atomic E-state index is 0.630. The van der Waals surface area contributed by atoms with E-state index in [1.54, 1.807) is 7.11 Å². The predicted octanol–water partition coefficient (Wildman–Crippen LogP) is 2.05. The van der Waals surface area contributed by atoms with Crippen LogP contribution in [0, 0.1) is 6.92 Å². The number of methoxy groups -OCH3 is 1. The number of rotatable bonds is 3. The van der Waals surface area contributed by atoms with Crippen molar-refractivity contribution in [3.05, 3.63) is 22.8 Å². The Morgan fingerprint density at radius 3 is 2.78 bits per heavy atom. The Morgan fingerprint density at radius 1 is 1.50 bits per heavy atom. The lowest BCUT2D eigenvalue weighted by atomic mass is 9.87. The van der Waals surface area contributed by atoms with Crippen LogP contribution in [-0.4, -0.2) is 24.8 Å². The smallest absolute Gasteiger partial charge is 0.314 e. The summed E-state index contributed by atoms with van der Waals surface area (Å²) < 4.78 is 11.0. The number of ether oxygens (including phenoxy) is 2. The summed E-state index contributed by atoms with van der Waals surface area (Å²) in [5.41, 5.74) is 2.08. The molecule has 1 aliphatic carbocycles. The molecule has 1 aromatic carbocycles. The van der Waals surface area contributed by atoms with Crippen LogP contribution in [0.25, 0.3) is 0 Å². The Bertz CT molecular complexity index is 525. The van der Waals surface area contributed by atoms with Gasteiger partial charge in [-0.15, -0.1) is 0 Å². The van der Waals surface area contributed by atoms with Gasteiger partial charge in [0.15, 0.2) is 0 Å². The summed E-state index contributed by atoms with van der Waals surface area (Å²) in [6.07, 6.45) is 2.15. The Hall–Kier alpha value is -1.71. The van der Waals surface area contributed by atoms with Gasteiger partial charge in [-0.25, -0.2) is 0 Å². The van der Waals surface area contributed by atoms with Crippen LogP contribution in [0.15, 0.2) is 6.07 Å². The number of aryl methyl sites for hydroxylation is 1. The molecule has 1 aromatic rings. The minimum Gasteiger partial charge on any atom is -0.496 e. The third-order valence-corrected chi connectivity index (χ3v) is 3.98. The van der Waals surface area contributed by atoms with Crippen LogP contribution in [0.2, 0.25) is 0 Å².